The summed E-state index contributed by atoms with van der Waals surface area (Å²) in [5.41, 5.74) is 23.1. The third-order valence-corrected chi connectivity index (χ3v) is 18.3. The minimum absolute atomic E-state index is 0.0213. The fourth-order valence-electron chi connectivity index (χ4n) is 14.0. The summed E-state index contributed by atoms with van der Waals surface area (Å²) in [5.74, 6) is 0. The highest BCUT2D eigenvalue weighted by atomic mass is 15.1. The zero-order valence-electron chi connectivity index (χ0n) is 47.7. The van der Waals surface area contributed by atoms with Gasteiger partial charge in [0.05, 0.1) is 0 Å². The number of benzene rings is 13. The van der Waals surface area contributed by atoms with E-state index in [0.29, 0.717) is 0 Å². The minimum atomic E-state index is -0.232. The molecule has 0 unspecified atom stereocenters. The van der Waals surface area contributed by atoms with Crippen molar-refractivity contribution in [3.05, 3.63) is 289 Å². The van der Waals surface area contributed by atoms with E-state index in [1.54, 1.807) is 0 Å². The number of hydrogen-bond donors (Lipinski definition) is 0. The average Bonchev–Trinajstić information content (AvgIpc) is 1.94. The Morgan fingerprint density at radius 2 is 0.598 bits per heavy atom. The van der Waals surface area contributed by atoms with Gasteiger partial charge in [0.1, 0.15) is 0 Å². The monoisotopic (exact) mass is 1050 g/mol. The molecule has 2 heteroatoms. The highest BCUT2D eigenvalue weighted by molar-refractivity contribution is 6.23. The van der Waals surface area contributed by atoms with Gasteiger partial charge in [-0.25, -0.2) is 0 Å². The fourth-order valence-corrected chi connectivity index (χ4v) is 14.0. The molecule has 0 N–H and O–H groups in total. The van der Waals surface area contributed by atoms with Crippen LogP contribution in [-0.2, 0) is 16.2 Å². The van der Waals surface area contributed by atoms with Crippen molar-refractivity contribution >= 4 is 77.2 Å². The Labute approximate surface area is 482 Å². The molecular weight excluding hydrogens is 989 g/mol. The first-order chi connectivity index (χ1) is 39.8. The zero-order valence-corrected chi connectivity index (χ0v) is 47.7. The molecule has 0 radical (unpaired) electrons. The van der Waals surface area contributed by atoms with Crippen LogP contribution in [-0.4, -0.2) is 0 Å². The molecule has 0 fully saturated rings. The second-order valence-corrected chi connectivity index (χ2v) is 24.9. The van der Waals surface area contributed by atoms with Gasteiger partial charge in [-0.3, -0.25) is 0 Å². The van der Waals surface area contributed by atoms with Crippen LogP contribution in [0.15, 0.2) is 261 Å². The van der Waals surface area contributed by atoms with E-state index in [-0.39, 0.29) is 16.2 Å². The first kappa shape index (κ1) is 49.5. The van der Waals surface area contributed by atoms with Crippen LogP contribution in [0.2, 0.25) is 0 Å². The summed E-state index contributed by atoms with van der Waals surface area (Å²) < 4.78 is 0. The van der Waals surface area contributed by atoms with E-state index in [0.717, 1.165) is 34.1 Å². The maximum atomic E-state index is 2.54. The molecule has 0 spiro atoms. The average molecular weight is 1050 g/mol. The lowest BCUT2D eigenvalue weighted by Gasteiger charge is -2.29. The molecule has 2 aliphatic rings. The predicted octanol–water partition coefficient (Wildman–Crippen LogP) is 22.5. The summed E-state index contributed by atoms with van der Waals surface area (Å²) >= 11 is 0. The van der Waals surface area contributed by atoms with Crippen molar-refractivity contribution in [1.29, 1.82) is 0 Å². The van der Waals surface area contributed by atoms with Crippen LogP contribution in [0.3, 0.4) is 0 Å². The number of para-hydroxylation sites is 3. The van der Waals surface area contributed by atoms with Crippen LogP contribution >= 0.6 is 0 Å². The van der Waals surface area contributed by atoms with Crippen LogP contribution in [0.25, 0.3) is 87.6 Å². The minimum Gasteiger partial charge on any atom is -0.310 e. The largest absolute Gasteiger partial charge is 0.310 e. The van der Waals surface area contributed by atoms with Crippen molar-refractivity contribution < 1.29 is 0 Å². The second-order valence-electron chi connectivity index (χ2n) is 24.9. The van der Waals surface area contributed by atoms with Crippen molar-refractivity contribution in [3.63, 3.8) is 0 Å². The van der Waals surface area contributed by atoms with Crippen LogP contribution < -0.4 is 9.80 Å². The lowest BCUT2D eigenvalue weighted by molar-refractivity contribution is 0.590. The van der Waals surface area contributed by atoms with Gasteiger partial charge in [0.25, 0.3) is 0 Å². The SMILES string of the molecule is CC(C)(C)c1ccc(N(c2ccccc2)c2ccc3c(-c4ccc5c(c4)C(C)(C)c4cc6ccccc6cc4-5)c4cc(N(c5ccccc5)c5ccccc5)ccc4c(-c4ccc5c(c4)C(C)(C)c4cc6ccccc6cc4-5)c3c2)cc1. The third kappa shape index (κ3) is 7.83. The van der Waals surface area contributed by atoms with Gasteiger partial charge in [-0.1, -0.05) is 200 Å². The summed E-state index contributed by atoms with van der Waals surface area (Å²) in [4.78, 5) is 4.84. The molecule has 394 valence electrons. The second kappa shape index (κ2) is 18.5. The summed E-state index contributed by atoms with van der Waals surface area (Å²) in [6, 6.07) is 98.3. The van der Waals surface area contributed by atoms with Crippen molar-refractivity contribution in [1.82, 2.24) is 0 Å². The quantitative estimate of drug-likeness (QED) is 0.140. The molecule has 0 atom stereocenters. The first-order valence-electron chi connectivity index (χ1n) is 29.1. The molecular formula is C80H64N2. The van der Waals surface area contributed by atoms with E-state index in [9.17, 15) is 0 Å². The van der Waals surface area contributed by atoms with Gasteiger partial charge >= 0.3 is 0 Å². The van der Waals surface area contributed by atoms with Crippen LogP contribution in [0.1, 0.15) is 76.3 Å². The predicted molar refractivity (Wildman–Crippen MR) is 351 cm³/mol. The Morgan fingerprint density at radius 1 is 0.268 bits per heavy atom. The lowest BCUT2D eigenvalue weighted by atomic mass is 9.79. The van der Waals surface area contributed by atoms with Gasteiger partial charge in [-0.15, -0.1) is 0 Å². The highest BCUT2D eigenvalue weighted by Crippen LogP contribution is 2.56. The lowest BCUT2D eigenvalue weighted by Crippen LogP contribution is -2.15. The van der Waals surface area contributed by atoms with Crippen molar-refractivity contribution in [2.45, 2.75) is 64.7 Å². The summed E-state index contributed by atoms with van der Waals surface area (Å²) in [5, 5.41) is 9.92. The van der Waals surface area contributed by atoms with Gasteiger partial charge in [0.2, 0.25) is 0 Å². The molecule has 0 saturated heterocycles. The Balaban J connectivity index is 1.04. The van der Waals surface area contributed by atoms with E-state index in [4.69, 9.17) is 0 Å². The molecule has 15 rings (SSSR count). The molecule has 0 heterocycles. The van der Waals surface area contributed by atoms with Crippen molar-refractivity contribution in [2.75, 3.05) is 9.80 Å². The molecule has 13 aromatic carbocycles. The van der Waals surface area contributed by atoms with E-state index in [1.807, 2.05) is 0 Å². The van der Waals surface area contributed by atoms with E-state index >= 15 is 0 Å². The van der Waals surface area contributed by atoms with Crippen LogP contribution in [0, 0.1) is 0 Å². The molecule has 0 amide bonds. The molecule has 82 heavy (non-hydrogen) atoms. The molecule has 0 aromatic heterocycles. The summed E-state index contributed by atoms with van der Waals surface area (Å²) in [7, 11) is 0. The molecule has 2 aliphatic carbocycles. The zero-order chi connectivity index (χ0) is 55.6. The van der Waals surface area contributed by atoms with Gasteiger partial charge in [-0.2, -0.15) is 0 Å². The molecule has 0 bridgehead atoms. The number of anilines is 6. The Hall–Kier alpha value is -9.50. The number of fused-ring (bicyclic) bond motifs is 10. The molecule has 0 aliphatic heterocycles. The van der Waals surface area contributed by atoms with Crippen LogP contribution in [0.4, 0.5) is 34.1 Å². The summed E-state index contributed by atoms with van der Waals surface area (Å²) in [6.45, 7) is 16.5. The smallest absolute Gasteiger partial charge is 0.0468 e. The van der Waals surface area contributed by atoms with Crippen molar-refractivity contribution in [3.8, 4) is 44.5 Å². The number of rotatable bonds is 8. The van der Waals surface area contributed by atoms with Gasteiger partial charge in [-0.05, 0) is 230 Å². The topological polar surface area (TPSA) is 6.48 Å². The normalized spacial score (nSPS) is 13.7. The van der Waals surface area contributed by atoms with E-state index < -0.39 is 0 Å². The Bertz CT molecular complexity index is 4660. The van der Waals surface area contributed by atoms with E-state index in [1.165, 1.54) is 115 Å². The van der Waals surface area contributed by atoms with Gasteiger partial charge < -0.3 is 9.80 Å². The number of hydrogen-bond acceptors (Lipinski definition) is 2. The molecule has 0 saturated carbocycles. The summed E-state index contributed by atoms with van der Waals surface area (Å²) in [6.07, 6.45) is 0. The van der Waals surface area contributed by atoms with E-state index in [2.05, 4.69) is 319 Å². The van der Waals surface area contributed by atoms with Crippen LogP contribution in [0.5, 0.6) is 0 Å². The maximum Gasteiger partial charge on any atom is 0.0468 e. The highest BCUT2D eigenvalue weighted by Gasteiger charge is 2.38. The molecule has 13 aromatic rings. The Morgan fingerprint density at radius 3 is 0.976 bits per heavy atom. The maximum absolute atomic E-state index is 2.54. The molecule has 2 nitrogen and oxygen atoms in total. The van der Waals surface area contributed by atoms with Gasteiger partial charge in [0, 0.05) is 45.0 Å². The van der Waals surface area contributed by atoms with Gasteiger partial charge in [0.15, 0.2) is 0 Å². The Kier molecular flexibility index (Phi) is 11.2. The fraction of sp³-hybridized carbons (Fsp3) is 0.125. The number of nitrogens with zero attached hydrogens (tertiary/aromatic N) is 2. The standard InChI is InChI=1S/C80H64N2/c1-78(2,3)57-33-35-61(36-34-57)82(60-29-15-10-16-30-60)63-38-42-67-71(50-63)77(56-32-40-65-69-44-52-22-18-20-24-54(52)46-75(69)80(6,7)73(65)48-56)66-41-37-62(81(58-25-11-8-12-26-58)59-27-13-9-14-28-59)49-70(66)76(67)55-31-39-64-68-43-51-21-17-19-23-53(51)45-74(68)79(4,5)72(64)47-55/h8-50H,1-7H3. The third-order valence-electron chi connectivity index (χ3n) is 18.3. The first-order valence-corrected chi connectivity index (χ1v) is 29.1. The van der Waals surface area contributed by atoms with Crippen molar-refractivity contribution in [2.24, 2.45) is 0 Å².